The minimum Gasteiger partial charge on any atom is -0.481 e. The third-order valence-electron chi connectivity index (χ3n) is 5.65. The summed E-state index contributed by atoms with van der Waals surface area (Å²) in [5.74, 6) is -1.15. The van der Waals surface area contributed by atoms with Crippen LogP contribution < -0.4 is 10.6 Å². The lowest BCUT2D eigenvalue weighted by Gasteiger charge is -2.34. The van der Waals surface area contributed by atoms with Gasteiger partial charge in [0.25, 0.3) is 0 Å². The van der Waals surface area contributed by atoms with Gasteiger partial charge in [0.05, 0.1) is 5.92 Å². The molecule has 3 rings (SSSR count). The summed E-state index contributed by atoms with van der Waals surface area (Å²) in [5.41, 5.74) is 1.24. The first kappa shape index (κ1) is 20.2. The average Bonchev–Trinajstić information content (AvgIpc) is 2.68. The van der Waals surface area contributed by atoms with Crippen molar-refractivity contribution in [3.8, 4) is 0 Å². The summed E-state index contributed by atoms with van der Waals surface area (Å²) in [6.07, 6.45) is 5.84. The van der Waals surface area contributed by atoms with Crippen LogP contribution in [0.4, 0.5) is 16.2 Å². The molecule has 0 spiro atoms. The number of likely N-dealkylation sites (tertiary alicyclic amines) is 1. The van der Waals surface area contributed by atoms with Gasteiger partial charge in [-0.25, -0.2) is 4.79 Å². The Hall–Kier alpha value is -2.57. The molecule has 1 heterocycles. The van der Waals surface area contributed by atoms with Crippen LogP contribution in [0.15, 0.2) is 24.3 Å². The molecular weight excluding hydrogens is 358 g/mol. The molecule has 1 saturated heterocycles. The van der Waals surface area contributed by atoms with Gasteiger partial charge in [-0.3, -0.25) is 9.59 Å². The number of anilines is 2. The van der Waals surface area contributed by atoms with E-state index in [2.05, 4.69) is 10.6 Å². The number of nitrogens with one attached hydrogen (secondary N) is 2. The number of nitrogens with zero attached hydrogens (tertiary/aromatic N) is 1. The van der Waals surface area contributed by atoms with Crippen LogP contribution >= 0.6 is 0 Å². The van der Waals surface area contributed by atoms with Crippen molar-refractivity contribution in [2.45, 2.75) is 45.4 Å². The molecule has 3 amide bonds. The normalized spacial score (nSPS) is 23.1. The highest BCUT2D eigenvalue weighted by molar-refractivity contribution is 5.94. The second-order valence-corrected chi connectivity index (χ2v) is 8.12. The lowest BCUT2D eigenvalue weighted by Crippen LogP contribution is -2.47. The Morgan fingerprint density at radius 3 is 2.36 bits per heavy atom. The Morgan fingerprint density at radius 1 is 1.00 bits per heavy atom. The van der Waals surface area contributed by atoms with E-state index >= 15 is 0 Å². The number of hydrogen-bond donors (Lipinski definition) is 3. The molecular formula is C21H29N3O4. The summed E-state index contributed by atoms with van der Waals surface area (Å²) in [6.45, 7) is 2.70. The lowest BCUT2D eigenvalue weighted by atomic mass is 9.88. The Kier molecular flexibility index (Phi) is 6.54. The molecule has 7 nitrogen and oxygen atoms in total. The van der Waals surface area contributed by atoms with Gasteiger partial charge in [0.1, 0.15) is 0 Å². The first-order valence-corrected chi connectivity index (χ1v) is 10.1. The number of rotatable bonds is 4. The van der Waals surface area contributed by atoms with Crippen LogP contribution in [0.5, 0.6) is 0 Å². The van der Waals surface area contributed by atoms with Crippen molar-refractivity contribution in [1.82, 2.24) is 4.90 Å². The average molecular weight is 387 g/mol. The fourth-order valence-electron chi connectivity index (χ4n) is 4.18. The number of carbonyl (C=O) groups excluding carboxylic acids is 2. The van der Waals surface area contributed by atoms with Gasteiger partial charge in [0.15, 0.2) is 0 Å². The van der Waals surface area contributed by atoms with Crippen molar-refractivity contribution >= 4 is 29.3 Å². The molecule has 0 radical (unpaired) electrons. The minimum absolute atomic E-state index is 0.0392. The van der Waals surface area contributed by atoms with Crippen molar-refractivity contribution < 1.29 is 19.5 Å². The van der Waals surface area contributed by atoms with Crippen LogP contribution in [0.25, 0.3) is 0 Å². The predicted molar refractivity (Wildman–Crippen MR) is 107 cm³/mol. The van der Waals surface area contributed by atoms with E-state index in [0.29, 0.717) is 24.3 Å². The van der Waals surface area contributed by atoms with Gasteiger partial charge in [-0.1, -0.05) is 32.3 Å². The molecule has 28 heavy (non-hydrogen) atoms. The molecule has 7 heteroatoms. The van der Waals surface area contributed by atoms with Crippen molar-refractivity contribution in [2.24, 2.45) is 17.8 Å². The van der Waals surface area contributed by atoms with Gasteiger partial charge in [-0.05, 0) is 43.4 Å². The Morgan fingerprint density at radius 2 is 1.68 bits per heavy atom. The van der Waals surface area contributed by atoms with Crippen LogP contribution in [0.1, 0.15) is 45.4 Å². The Labute approximate surface area is 165 Å². The first-order valence-electron chi connectivity index (χ1n) is 10.1. The lowest BCUT2D eigenvalue weighted by molar-refractivity contribution is -0.143. The molecule has 0 bridgehead atoms. The molecule has 1 aromatic rings. The highest BCUT2D eigenvalue weighted by atomic mass is 16.4. The van der Waals surface area contributed by atoms with E-state index in [1.54, 1.807) is 29.2 Å². The van der Waals surface area contributed by atoms with Crippen molar-refractivity contribution in [1.29, 1.82) is 0 Å². The van der Waals surface area contributed by atoms with E-state index in [0.717, 1.165) is 25.7 Å². The van der Waals surface area contributed by atoms with Crippen molar-refractivity contribution in [2.75, 3.05) is 23.7 Å². The zero-order valence-corrected chi connectivity index (χ0v) is 16.3. The maximum absolute atomic E-state index is 12.6. The fraction of sp³-hybridized carbons (Fsp3) is 0.571. The zero-order chi connectivity index (χ0) is 20.1. The smallest absolute Gasteiger partial charge is 0.321 e. The van der Waals surface area contributed by atoms with Crippen molar-refractivity contribution in [3.63, 3.8) is 0 Å². The molecule has 0 aromatic heterocycles. The van der Waals surface area contributed by atoms with Crippen LogP contribution in [0.3, 0.4) is 0 Å². The number of hydrogen-bond acceptors (Lipinski definition) is 3. The van der Waals surface area contributed by atoms with Crippen LogP contribution in [-0.4, -0.2) is 41.0 Å². The largest absolute Gasteiger partial charge is 0.481 e. The van der Waals surface area contributed by atoms with Gasteiger partial charge < -0.3 is 20.6 Å². The summed E-state index contributed by atoms with van der Waals surface area (Å²) in [6, 6.07) is 6.77. The summed E-state index contributed by atoms with van der Waals surface area (Å²) in [7, 11) is 0. The number of carboxylic acid groups (broad SMARTS) is 1. The number of benzene rings is 1. The highest BCUT2D eigenvalue weighted by Crippen LogP contribution is 2.26. The third kappa shape index (κ3) is 5.24. The number of urea groups is 1. The van der Waals surface area contributed by atoms with Gasteiger partial charge in [0, 0.05) is 30.4 Å². The van der Waals surface area contributed by atoms with E-state index in [4.69, 9.17) is 0 Å². The maximum Gasteiger partial charge on any atom is 0.321 e. The van der Waals surface area contributed by atoms with E-state index in [1.807, 2.05) is 6.92 Å². The van der Waals surface area contributed by atoms with Gasteiger partial charge in [-0.2, -0.15) is 0 Å². The molecule has 1 aromatic carbocycles. The molecule has 1 saturated carbocycles. The maximum atomic E-state index is 12.6. The van der Waals surface area contributed by atoms with Crippen LogP contribution in [0, 0.1) is 17.8 Å². The second kappa shape index (κ2) is 9.08. The molecule has 2 unspecified atom stereocenters. The third-order valence-corrected chi connectivity index (χ3v) is 5.65. The van der Waals surface area contributed by atoms with Gasteiger partial charge in [0.2, 0.25) is 5.91 Å². The van der Waals surface area contributed by atoms with Crippen LogP contribution in [-0.2, 0) is 9.59 Å². The molecule has 152 valence electrons. The fourth-order valence-corrected chi connectivity index (χ4v) is 4.18. The quantitative estimate of drug-likeness (QED) is 0.732. The minimum atomic E-state index is -0.864. The second-order valence-electron chi connectivity index (χ2n) is 8.12. The summed E-state index contributed by atoms with van der Waals surface area (Å²) in [4.78, 5) is 37.9. The molecule has 1 aliphatic heterocycles. The number of piperidine rings is 1. The predicted octanol–water partition coefficient (Wildman–Crippen LogP) is 3.78. The highest BCUT2D eigenvalue weighted by Gasteiger charge is 2.32. The number of amides is 3. The summed E-state index contributed by atoms with van der Waals surface area (Å²) >= 11 is 0. The topological polar surface area (TPSA) is 98.7 Å². The molecule has 2 fully saturated rings. The van der Waals surface area contributed by atoms with Gasteiger partial charge >= 0.3 is 12.0 Å². The molecule has 3 N–H and O–H groups in total. The zero-order valence-electron chi connectivity index (χ0n) is 16.3. The van der Waals surface area contributed by atoms with E-state index in [1.165, 1.54) is 6.42 Å². The summed E-state index contributed by atoms with van der Waals surface area (Å²) in [5, 5.41) is 15.1. The number of carboxylic acids is 1. The number of aliphatic carboxylic acids is 1. The molecule has 1 aliphatic carbocycles. The standard InChI is InChI=1S/C21H29N3O4/c1-14-10-16(20(26)27)13-24(12-14)21(28)23-18-9-5-8-17(11-18)22-19(25)15-6-3-2-4-7-15/h5,8-9,11,14-16H,2-4,6-7,10,12-13H2,1H3,(H,22,25)(H,23,28)(H,26,27). The Bertz CT molecular complexity index is 730. The first-order chi connectivity index (χ1) is 13.4. The summed E-state index contributed by atoms with van der Waals surface area (Å²) < 4.78 is 0. The van der Waals surface area contributed by atoms with Crippen LogP contribution in [0.2, 0.25) is 0 Å². The van der Waals surface area contributed by atoms with Crippen molar-refractivity contribution in [3.05, 3.63) is 24.3 Å². The molecule has 2 atom stereocenters. The number of carbonyl (C=O) groups is 3. The SMILES string of the molecule is CC1CC(C(=O)O)CN(C(=O)Nc2cccc(NC(=O)C3CCCCC3)c2)C1. The van der Waals surface area contributed by atoms with E-state index in [-0.39, 0.29) is 30.3 Å². The van der Waals surface area contributed by atoms with E-state index < -0.39 is 11.9 Å². The van der Waals surface area contributed by atoms with E-state index in [9.17, 15) is 19.5 Å². The monoisotopic (exact) mass is 387 g/mol. The Balaban J connectivity index is 1.59. The van der Waals surface area contributed by atoms with Gasteiger partial charge in [-0.15, -0.1) is 0 Å². The molecule has 2 aliphatic rings.